The van der Waals surface area contributed by atoms with E-state index in [1.165, 1.54) is 16.7 Å². The normalized spacial score (nSPS) is 11.1. The van der Waals surface area contributed by atoms with Crippen LogP contribution < -0.4 is 10.6 Å². The SMILES string of the molecule is CN=C(NCCc1csc(C)n1)NCCc1ccc(C)cc1C.I. The number of aromatic nitrogens is 1. The second-order valence-corrected chi connectivity index (χ2v) is 6.78. The van der Waals surface area contributed by atoms with Crippen LogP contribution in [0.1, 0.15) is 27.4 Å². The molecule has 2 rings (SSSR count). The summed E-state index contributed by atoms with van der Waals surface area (Å²) in [4.78, 5) is 8.74. The summed E-state index contributed by atoms with van der Waals surface area (Å²) in [6, 6.07) is 6.62. The highest BCUT2D eigenvalue weighted by molar-refractivity contribution is 14.0. The van der Waals surface area contributed by atoms with Gasteiger partial charge in [-0.1, -0.05) is 23.8 Å². The average Bonchev–Trinajstić information content (AvgIpc) is 2.93. The maximum absolute atomic E-state index is 4.47. The molecule has 0 saturated carbocycles. The van der Waals surface area contributed by atoms with E-state index in [1.54, 1.807) is 18.4 Å². The molecular weight excluding hydrogens is 431 g/mol. The topological polar surface area (TPSA) is 49.3 Å². The van der Waals surface area contributed by atoms with Crippen LogP contribution in [-0.2, 0) is 12.8 Å². The zero-order chi connectivity index (χ0) is 16.7. The van der Waals surface area contributed by atoms with Gasteiger partial charge in [0, 0.05) is 31.9 Å². The van der Waals surface area contributed by atoms with Gasteiger partial charge in [-0.3, -0.25) is 4.99 Å². The Hall–Kier alpha value is -1.15. The molecule has 0 aliphatic rings. The predicted molar refractivity (Wildman–Crippen MR) is 115 cm³/mol. The molecule has 0 aliphatic heterocycles. The molecule has 0 spiro atoms. The Kier molecular flexibility index (Phi) is 9.28. The summed E-state index contributed by atoms with van der Waals surface area (Å²) >= 11 is 1.70. The highest BCUT2D eigenvalue weighted by atomic mass is 127. The van der Waals surface area contributed by atoms with Gasteiger partial charge in [0.15, 0.2) is 5.96 Å². The quantitative estimate of drug-likeness (QED) is 0.395. The number of hydrogen-bond donors (Lipinski definition) is 2. The second kappa shape index (κ2) is 10.7. The molecule has 0 unspecified atom stereocenters. The number of guanidine groups is 1. The van der Waals surface area contributed by atoms with Crippen molar-refractivity contribution in [1.82, 2.24) is 15.6 Å². The van der Waals surface area contributed by atoms with Crippen molar-refractivity contribution in [2.75, 3.05) is 20.1 Å². The van der Waals surface area contributed by atoms with Crippen LogP contribution in [0, 0.1) is 20.8 Å². The summed E-state index contributed by atoms with van der Waals surface area (Å²) in [5.74, 6) is 0.849. The number of nitrogens with zero attached hydrogens (tertiary/aromatic N) is 2. The fourth-order valence-electron chi connectivity index (χ4n) is 2.49. The van der Waals surface area contributed by atoms with Gasteiger partial charge in [-0.2, -0.15) is 0 Å². The number of rotatable bonds is 6. The Morgan fingerprint density at radius 3 is 2.42 bits per heavy atom. The molecule has 24 heavy (non-hydrogen) atoms. The van der Waals surface area contributed by atoms with Crippen LogP contribution in [-0.4, -0.2) is 31.1 Å². The molecule has 0 fully saturated rings. The van der Waals surface area contributed by atoms with Gasteiger partial charge in [0.1, 0.15) is 0 Å². The molecule has 0 saturated heterocycles. The third-order valence-electron chi connectivity index (χ3n) is 3.75. The van der Waals surface area contributed by atoms with Crippen LogP contribution >= 0.6 is 35.3 Å². The van der Waals surface area contributed by atoms with E-state index >= 15 is 0 Å². The molecule has 0 bridgehead atoms. The van der Waals surface area contributed by atoms with E-state index in [9.17, 15) is 0 Å². The monoisotopic (exact) mass is 458 g/mol. The lowest BCUT2D eigenvalue weighted by atomic mass is 10.0. The second-order valence-electron chi connectivity index (χ2n) is 5.71. The van der Waals surface area contributed by atoms with Gasteiger partial charge in [-0.05, 0) is 38.3 Å². The van der Waals surface area contributed by atoms with Gasteiger partial charge in [-0.15, -0.1) is 35.3 Å². The summed E-state index contributed by atoms with van der Waals surface area (Å²) in [5.41, 5.74) is 5.20. The van der Waals surface area contributed by atoms with Crippen molar-refractivity contribution in [3.05, 3.63) is 51.0 Å². The summed E-state index contributed by atoms with van der Waals surface area (Å²) in [5, 5.41) is 9.95. The Morgan fingerprint density at radius 2 is 1.83 bits per heavy atom. The maximum atomic E-state index is 4.47. The molecule has 1 heterocycles. The van der Waals surface area contributed by atoms with Gasteiger partial charge in [-0.25, -0.2) is 4.98 Å². The Morgan fingerprint density at radius 1 is 1.12 bits per heavy atom. The molecule has 1 aromatic carbocycles. The van der Waals surface area contributed by atoms with E-state index in [0.717, 1.165) is 42.6 Å². The third kappa shape index (κ3) is 6.76. The largest absolute Gasteiger partial charge is 0.356 e. The lowest BCUT2D eigenvalue weighted by molar-refractivity contribution is 0.776. The number of thiazole rings is 1. The van der Waals surface area contributed by atoms with Crippen LogP contribution in [0.15, 0.2) is 28.6 Å². The lowest BCUT2D eigenvalue weighted by Crippen LogP contribution is -2.39. The fourth-order valence-corrected chi connectivity index (χ4v) is 3.14. The highest BCUT2D eigenvalue weighted by Crippen LogP contribution is 2.10. The van der Waals surface area contributed by atoms with Gasteiger partial charge in [0.25, 0.3) is 0 Å². The van der Waals surface area contributed by atoms with E-state index < -0.39 is 0 Å². The molecule has 2 aromatic rings. The minimum atomic E-state index is 0. The third-order valence-corrected chi connectivity index (χ3v) is 4.57. The first-order chi connectivity index (χ1) is 11.1. The Balaban J connectivity index is 0.00000288. The summed E-state index contributed by atoms with van der Waals surface area (Å²) < 4.78 is 0. The smallest absolute Gasteiger partial charge is 0.190 e. The first-order valence-corrected chi connectivity index (χ1v) is 8.88. The molecule has 0 amide bonds. The van der Waals surface area contributed by atoms with Gasteiger partial charge in [0.2, 0.25) is 0 Å². The van der Waals surface area contributed by atoms with Crippen molar-refractivity contribution in [3.8, 4) is 0 Å². The van der Waals surface area contributed by atoms with Crippen LogP contribution in [0.3, 0.4) is 0 Å². The number of hydrogen-bond acceptors (Lipinski definition) is 3. The number of benzene rings is 1. The average molecular weight is 458 g/mol. The zero-order valence-electron chi connectivity index (χ0n) is 14.8. The minimum absolute atomic E-state index is 0. The zero-order valence-corrected chi connectivity index (χ0v) is 18.0. The summed E-state index contributed by atoms with van der Waals surface area (Å²) in [6.45, 7) is 8.05. The van der Waals surface area contributed by atoms with E-state index in [1.807, 2.05) is 6.92 Å². The standard InChI is InChI=1S/C18H26N4S.HI/c1-13-5-6-16(14(2)11-13)7-9-20-18(19-4)21-10-8-17-12-23-15(3)22-17;/h5-6,11-12H,7-10H2,1-4H3,(H2,19,20,21);1H. The van der Waals surface area contributed by atoms with Crippen LogP contribution in [0.4, 0.5) is 0 Å². The van der Waals surface area contributed by atoms with Crippen LogP contribution in [0.5, 0.6) is 0 Å². The molecule has 1 aromatic heterocycles. The van der Waals surface area contributed by atoms with Crippen molar-refractivity contribution < 1.29 is 0 Å². The van der Waals surface area contributed by atoms with Crippen molar-refractivity contribution in [2.24, 2.45) is 4.99 Å². The Labute approximate surface area is 166 Å². The molecule has 0 radical (unpaired) electrons. The maximum Gasteiger partial charge on any atom is 0.190 e. The van der Waals surface area contributed by atoms with E-state index in [0.29, 0.717) is 0 Å². The Bertz CT molecular complexity index is 667. The predicted octanol–water partition coefficient (Wildman–Crippen LogP) is 3.64. The van der Waals surface area contributed by atoms with Crippen molar-refractivity contribution >= 4 is 41.3 Å². The summed E-state index contributed by atoms with van der Waals surface area (Å²) in [6.07, 6.45) is 1.92. The molecular formula is C18H27IN4S. The van der Waals surface area contributed by atoms with E-state index in [4.69, 9.17) is 0 Å². The molecule has 4 nitrogen and oxygen atoms in total. The molecule has 6 heteroatoms. The molecule has 2 N–H and O–H groups in total. The van der Waals surface area contributed by atoms with E-state index in [-0.39, 0.29) is 24.0 Å². The van der Waals surface area contributed by atoms with Crippen molar-refractivity contribution in [1.29, 1.82) is 0 Å². The molecule has 0 atom stereocenters. The van der Waals surface area contributed by atoms with Crippen LogP contribution in [0.25, 0.3) is 0 Å². The fraction of sp³-hybridized carbons (Fsp3) is 0.444. The van der Waals surface area contributed by atoms with Gasteiger partial charge < -0.3 is 10.6 Å². The first-order valence-electron chi connectivity index (χ1n) is 8.00. The van der Waals surface area contributed by atoms with Crippen LogP contribution in [0.2, 0.25) is 0 Å². The summed E-state index contributed by atoms with van der Waals surface area (Å²) in [7, 11) is 1.81. The lowest BCUT2D eigenvalue weighted by Gasteiger charge is -2.12. The van der Waals surface area contributed by atoms with E-state index in [2.05, 4.69) is 58.0 Å². The number of nitrogens with one attached hydrogen (secondary N) is 2. The van der Waals surface area contributed by atoms with Crippen molar-refractivity contribution in [2.45, 2.75) is 33.6 Å². The highest BCUT2D eigenvalue weighted by Gasteiger charge is 2.02. The number of aliphatic imine (C=N–C) groups is 1. The molecule has 132 valence electrons. The van der Waals surface area contributed by atoms with Gasteiger partial charge in [0.05, 0.1) is 10.7 Å². The molecule has 0 aliphatic carbocycles. The minimum Gasteiger partial charge on any atom is -0.356 e. The number of aryl methyl sites for hydroxylation is 3. The van der Waals surface area contributed by atoms with Gasteiger partial charge >= 0.3 is 0 Å². The van der Waals surface area contributed by atoms with Crippen molar-refractivity contribution in [3.63, 3.8) is 0 Å². The number of halogens is 1. The first kappa shape index (κ1) is 20.9.